The first-order valence-electron chi connectivity index (χ1n) is 7.59. The first-order valence-corrected chi connectivity index (χ1v) is 7.97. The van der Waals surface area contributed by atoms with Gasteiger partial charge in [0, 0.05) is 41.9 Å². The molecule has 1 aliphatic heterocycles. The molecule has 0 atom stereocenters. The van der Waals surface area contributed by atoms with Crippen molar-refractivity contribution in [3.8, 4) is 0 Å². The molecule has 0 aliphatic carbocycles. The number of benzene rings is 1. The number of alkyl halides is 3. The van der Waals surface area contributed by atoms with Crippen molar-refractivity contribution >= 4 is 29.4 Å². The summed E-state index contributed by atoms with van der Waals surface area (Å²) in [6.07, 6.45) is -2.49. The van der Waals surface area contributed by atoms with Crippen LogP contribution in [0.2, 0.25) is 5.02 Å². The highest BCUT2D eigenvalue weighted by atomic mass is 35.5. The molecule has 1 aliphatic rings. The average Bonchev–Trinajstić information content (AvgIpc) is 2.61. The van der Waals surface area contributed by atoms with E-state index >= 15 is 0 Å². The molecule has 0 saturated carbocycles. The summed E-state index contributed by atoms with van der Waals surface area (Å²) in [5.74, 6) is -2.69. The third-order valence-corrected chi connectivity index (χ3v) is 3.60. The standard InChI is InChI=1S/C14H13ClN4O.C2HF3O2/c15-11-3-1-2-9(6-11)13(20)19-14-17-8-10-7-16-5-4-12(10)18-14;3-2(4,5)1(6)7/h1-3,6,8,16H,4-5,7H2,(H,17,18,19,20);(H,6,7). The first kappa shape index (κ1) is 20.6. The van der Waals surface area contributed by atoms with Crippen molar-refractivity contribution in [2.75, 3.05) is 11.9 Å². The highest BCUT2D eigenvalue weighted by Crippen LogP contribution is 2.15. The maximum absolute atomic E-state index is 12.1. The summed E-state index contributed by atoms with van der Waals surface area (Å²) in [7, 11) is 0. The van der Waals surface area contributed by atoms with Crippen LogP contribution in [0.5, 0.6) is 0 Å². The molecule has 2 heterocycles. The van der Waals surface area contributed by atoms with Gasteiger partial charge in [0.25, 0.3) is 5.91 Å². The van der Waals surface area contributed by atoms with Crippen molar-refractivity contribution in [3.63, 3.8) is 0 Å². The van der Waals surface area contributed by atoms with E-state index in [0.29, 0.717) is 16.5 Å². The number of aromatic nitrogens is 2. The number of amides is 1. The number of nitrogens with zero attached hydrogens (tertiary/aromatic N) is 2. The van der Waals surface area contributed by atoms with Crippen molar-refractivity contribution in [3.05, 3.63) is 52.3 Å². The maximum atomic E-state index is 12.1. The van der Waals surface area contributed by atoms with Gasteiger partial charge in [-0.2, -0.15) is 13.2 Å². The Labute approximate surface area is 156 Å². The lowest BCUT2D eigenvalue weighted by molar-refractivity contribution is -0.192. The predicted octanol–water partition coefficient (Wildman–Crippen LogP) is 2.66. The molecular formula is C16H14ClF3N4O3. The van der Waals surface area contributed by atoms with Gasteiger partial charge in [0.15, 0.2) is 0 Å². The molecule has 0 saturated heterocycles. The Kier molecular flexibility index (Phi) is 6.70. The lowest BCUT2D eigenvalue weighted by Gasteiger charge is -2.16. The molecule has 0 bridgehead atoms. The van der Waals surface area contributed by atoms with Crippen molar-refractivity contribution in [1.82, 2.24) is 15.3 Å². The molecule has 2 aromatic rings. The van der Waals surface area contributed by atoms with Gasteiger partial charge >= 0.3 is 12.1 Å². The van der Waals surface area contributed by atoms with Crippen LogP contribution in [0.4, 0.5) is 19.1 Å². The fourth-order valence-electron chi connectivity index (χ4n) is 2.10. The Morgan fingerprint density at radius 2 is 2.00 bits per heavy atom. The Balaban J connectivity index is 0.000000321. The van der Waals surface area contributed by atoms with Crippen LogP contribution in [0.1, 0.15) is 21.6 Å². The number of rotatable bonds is 2. The van der Waals surface area contributed by atoms with E-state index in [1.165, 1.54) is 0 Å². The highest BCUT2D eigenvalue weighted by molar-refractivity contribution is 6.31. The smallest absolute Gasteiger partial charge is 0.475 e. The van der Waals surface area contributed by atoms with Gasteiger partial charge in [-0.3, -0.25) is 10.1 Å². The van der Waals surface area contributed by atoms with Gasteiger partial charge in [0.1, 0.15) is 0 Å². The Morgan fingerprint density at radius 3 is 2.63 bits per heavy atom. The topological polar surface area (TPSA) is 104 Å². The van der Waals surface area contributed by atoms with Gasteiger partial charge in [-0.25, -0.2) is 14.8 Å². The average molecular weight is 403 g/mol. The van der Waals surface area contributed by atoms with Crippen LogP contribution >= 0.6 is 11.6 Å². The van der Waals surface area contributed by atoms with Gasteiger partial charge in [0.2, 0.25) is 5.95 Å². The summed E-state index contributed by atoms with van der Waals surface area (Å²) >= 11 is 5.87. The second-order valence-electron chi connectivity index (χ2n) is 5.36. The fourth-order valence-corrected chi connectivity index (χ4v) is 2.29. The van der Waals surface area contributed by atoms with Crippen LogP contribution in [0.25, 0.3) is 0 Å². The number of aliphatic carboxylic acids is 1. The summed E-state index contributed by atoms with van der Waals surface area (Å²) in [5.41, 5.74) is 2.55. The molecule has 1 aromatic carbocycles. The van der Waals surface area contributed by atoms with E-state index < -0.39 is 12.1 Å². The molecule has 144 valence electrons. The number of anilines is 1. The number of fused-ring (bicyclic) bond motifs is 1. The molecule has 27 heavy (non-hydrogen) atoms. The van der Waals surface area contributed by atoms with E-state index in [1.54, 1.807) is 30.5 Å². The van der Waals surface area contributed by atoms with Crippen molar-refractivity contribution in [1.29, 1.82) is 0 Å². The summed E-state index contributed by atoms with van der Waals surface area (Å²) in [5, 5.41) is 13.6. The zero-order valence-corrected chi connectivity index (χ0v) is 14.4. The van der Waals surface area contributed by atoms with E-state index in [-0.39, 0.29) is 5.91 Å². The quantitative estimate of drug-likeness (QED) is 0.713. The Morgan fingerprint density at radius 1 is 1.30 bits per heavy atom. The number of nitrogens with one attached hydrogen (secondary N) is 2. The normalized spacial score (nSPS) is 13.0. The van der Waals surface area contributed by atoms with Gasteiger partial charge in [-0.15, -0.1) is 0 Å². The molecule has 0 radical (unpaired) electrons. The van der Waals surface area contributed by atoms with E-state index in [2.05, 4.69) is 20.6 Å². The second kappa shape index (κ2) is 8.78. The van der Waals surface area contributed by atoms with Crippen LogP contribution in [0, 0.1) is 0 Å². The zero-order chi connectivity index (χ0) is 20.0. The number of carbonyl (C=O) groups excluding carboxylic acids is 1. The molecule has 1 aromatic heterocycles. The lowest BCUT2D eigenvalue weighted by Crippen LogP contribution is -2.25. The van der Waals surface area contributed by atoms with Crippen LogP contribution < -0.4 is 10.6 Å². The molecule has 3 rings (SSSR count). The van der Waals surface area contributed by atoms with E-state index in [9.17, 15) is 18.0 Å². The minimum absolute atomic E-state index is 0.263. The molecule has 7 nitrogen and oxygen atoms in total. The van der Waals surface area contributed by atoms with Crippen molar-refractivity contribution in [2.45, 2.75) is 19.1 Å². The summed E-state index contributed by atoms with van der Waals surface area (Å²) in [4.78, 5) is 29.5. The summed E-state index contributed by atoms with van der Waals surface area (Å²) in [6, 6.07) is 6.76. The molecule has 0 fully saturated rings. The fraction of sp³-hybridized carbons (Fsp3) is 0.250. The highest BCUT2D eigenvalue weighted by Gasteiger charge is 2.38. The maximum Gasteiger partial charge on any atom is 0.490 e. The minimum Gasteiger partial charge on any atom is -0.475 e. The first-order chi connectivity index (χ1) is 12.7. The van der Waals surface area contributed by atoms with Gasteiger partial charge in [-0.05, 0) is 18.2 Å². The molecule has 1 amide bonds. The monoisotopic (exact) mass is 402 g/mol. The van der Waals surface area contributed by atoms with Crippen LogP contribution in [0.3, 0.4) is 0 Å². The number of carbonyl (C=O) groups is 2. The molecule has 3 N–H and O–H groups in total. The Bertz CT molecular complexity index is 846. The molecular weight excluding hydrogens is 389 g/mol. The largest absolute Gasteiger partial charge is 0.490 e. The van der Waals surface area contributed by atoms with Crippen LogP contribution in [-0.4, -0.2) is 39.7 Å². The van der Waals surface area contributed by atoms with Crippen molar-refractivity contribution in [2.24, 2.45) is 0 Å². The molecule has 0 spiro atoms. The SMILES string of the molecule is O=C(Nc1ncc2c(n1)CCNC2)c1cccc(Cl)c1.O=C(O)C(F)(F)F. The van der Waals surface area contributed by atoms with Crippen LogP contribution in [-0.2, 0) is 17.8 Å². The molecule has 0 unspecified atom stereocenters. The van der Waals surface area contributed by atoms with Gasteiger partial charge in [0.05, 0.1) is 5.69 Å². The third-order valence-electron chi connectivity index (χ3n) is 3.36. The number of carboxylic acids is 1. The minimum atomic E-state index is -5.08. The third kappa shape index (κ3) is 6.19. The predicted molar refractivity (Wildman–Crippen MR) is 90.5 cm³/mol. The van der Waals surface area contributed by atoms with E-state index in [0.717, 1.165) is 30.8 Å². The number of halogens is 4. The Hall–Kier alpha value is -2.72. The van der Waals surface area contributed by atoms with Crippen molar-refractivity contribution < 1.29 is 27.9 Å². The summed E-state index contributed by atoms with van der Waals surface area (Å²) in [6.45, 7) is 1.67. The lowest BCUT2D eigenvalue weighted by atomic mass is 10.1. The van der Waals surface area contributed by atoms with Gasteiger partial charge in [-0.1, -0.05) is 17.7 Å². The van der Waals surface area contributed by atoms with E-state index in [4.69, 9.17) is 21.5 Å². The van der Waals surface area contributed by atoms with Gasteiger partial charge < -0.3 is 10.4 Å². The van der Waals surface area contributed by atoms with E-state index in [1.807, 2.05) is 0 Å². The van der Waals surface area contributed by atoms with Crippen LogP contribution in [0.15, 0.2) is 30.5 Å². The number of carboxylic acid groups (broad SMARTS) is 1. The molecule has 11 heteroatoms. The zero-order valence-electron chi connectivity index (χ0n) is 13.7. The number of hydrogen-bond donors (Lipinski definition) is 3. The number of hydrogen-bond acceptors (Lipinski definition) is 5. The second-order valence-corrected chi connectivity index (χ2v) is 5.80. The summed E-state index contributed by atoms with van der Waals surface area (Å²) < 4.78 is 31.7.